The molecule has 9 heteroatoms. The highest BCUT2D eigenvalue weighted by Crippen LogP contribution is 2.25. The van der Waals surface area contributed by atoms with Gasteiger partial charge >= 0.3 is 12.0 Å². The minimum Gasteiger partial charge on any atom is -0.396 e. The molecular formula is C16H23N6O3+. The molecule has 25 heavy (non-hydrogen) atoms. The van der Waals surface area contributed by atoms with Crippen LogP contribution in [0.5, 0.6) is 0 Å². The lowest BCUT2D eigenvalue weighted by atomic mass is 10.1. The molecule has 0 aromatic heterocycles. The van der Waals surface area contributed by atoms with Gasteiger partial charge in [-0.1, -0.05) is 11.1 Å². The van der Waals surface area contributed by atoms with E-state index in [1.54, 1.807) is 12.1 Å². The van der Waals surface area contributed by atoms with Gasteiger partial charge in [-0.3, -0.25) is 14.6 Å². The van der Waals surface area contributed by atoms with Gasteiger partial charge in [0.1, 0.15) is 6.04 Å². The number of likely N-dealkylation sites (N-methyl/N-ethyl adjacent to an activating group) is 1. The summed E-state index contributed by atoms with van der Waals surface area (Å²) in [6.07, 6.45) is 2.06. The summed E-state index contributed by atoms with van der Waals surface area (Å²) >= 11 is 0. The van der Waals surface area contributed by atoms with E-state index in [1.165, 1.54) is 15.9 Å². The summed E-state index contributed by atoms with van der Waals surface area (Å²) in [6, 6.07) is -1.19. The zero-order valence-corrected chi connectivity index (χ0v) is 14.7. The molecule has 134 valence electrons. The average molecular weight is 347 g/mol. The number of hydrazone groups is 1. The summed E-state index contributed by atoms with van der Waals surface area (Å²) in [5.41, 5.74) is 0.848. The van der Waals surface area contributed by atoms with Crippen molar-refractivity contribution in [2.75, 3.05) is 26.7 Å². The molecule has 9 nitrogen and oxygen atoms in total. The Morgan fingerprint density at radius 1 is 1.40 bits per heavy atom. The summed E-state index contributed by atoms with van der Waals surface area (Å²) in [5, 5.41) is 15.3. The molecule has 0 bridgehead atoms. The summed E-state index contributed by atoms with van der Waals surface area (Å²) in [4.78, 5) is 32.6. The smallest absolute Gasteiger partial charge is 0.396 e. The number of aliphatic imine (C=N–C) groups is 1. The molecule has 1 saturated heterocycles. The van der Waals surface area contributed by atoms with Crippen LogP contribution in [0.25, 0.3) is 0 Å². The van der Waals surface area contributed by atoms with Crippen LogP contribution >= 0.6 is 0 Å². The van der Waals surface area contributed by atoms with E-state index in [1.807, 2.05) is 18.4 Å². The molecule has 3 aliphatic heterocycles. The highest BCUT2D eigenvalue weighted by Gasteiger charge is 2.55. The maximum Gasteiger partial charge on any atom is 0.416 e. The van der Waals surface area contributed by atoms with E-state index in [-0.39, 0.29) is 25.1 Å². The fraction of sp³-hybridized carbons (Fsp3) is 0.562. The van der Waals surface area contributed by atoms with Crippen molar-refractivity contribution in [3.05, 3.63) is 12.7 Å². The number of rotatable bonds is 5. The number of amidine groups is 1. The van der Waals surface area contributed by atoms with Gasteiger partial charge in [-0.15, -0.1) is 16.7 Å². The van der Waals surface area contributed by atoms with Gasteiger partial charge in [0.05, 0.1) is 12.3 Å². The first-order valence-electron chi connectivity index (χ1n) is 8.29. The van der Waals surface area contributed by atoms with Crippen molar-refractivity contribution in [2.45, 2.75) is 32.4 Å². The van der Waals surface area contributed by atoms with Crippen LogP contribution < -0.4 is 0 Å². The van der Waals surface area contributed by atoms with E-state index in [0.717, 1.165) is 5.71 Å². The third-order valence-corrected chi connectivity index (χ3v) is 4.70. The first kappa shape index (κ1) is 17.3. The van der Waals surface area contributed by atoms with Crippen molar-refractivity contribution in [3.63, 3.8) is 0 Å². The lowest BCUT2D eigenvalue weighted by Crippen LogP contribution is -2.64. The quantitative estimate of drug-likeness (QED) is 0.545. The maximum absolute atomic E-state index is 13.0. The molecule has 2 unspecified atom stereocenters. The van der Waals surface area contributed by atoms with Gasteiger partial charge in [-0.05, 0) is 13.8 Å². The first-order valence-corrected chi connectivity index (χ1v) is 8.29. The highest BCUT2D eigenvalue weighted by molar-refractivity contribution is 6.23. The zero-order chi connectivity index (χ0) is 18.3. The lowest BCUT2D eigenvalue weighted by Gasteiger charge is -2.35. The monoisotopic (exact) mass is 347 g/mol. The molecule has 0 aromatic rings. The third kappa shape index (κ3) is 2.55. The molecule has 0 aliphatic carbocycles. The van der Waals surface area contributed by atoms with E-state index in [4.69, 9.17) is 5.11 Å². The second-order valence-corrected chi connectivity index (χ2v) is 6.28. The standard InChI is InChI=1S/C16H23N6O3/c1-5-7-20-14(24)12-13(19(4)16(20)25)17-15-21(8-6-9-23)18-10(2)11(3)22(12)15/h5,11-12,23H,1,6-9H2,2-4H3/q+1. The van der Waals surface area contributed by atoms with Gasteiger partial charge in [0, 0.05) is 26.6 Å². The average Bonchev–Trinajstić information content (AvgIpc) is 3.00. The predicted molar refractivity (Wildman–Crippen MR) is 92.5 cm³/mol. The topological polar surface area (TPSA) is 91.8 Å². The third-order valence-electron chi connectivity index (χ3n) is 4.70. The number of guanidine groups is 1. The minimum atomic E-state index is -0.658. The van der Waals surface area contributed by atoms with Crippen molar-refractivity contribution in [2.24, 2.45) is 10.1 Å². The normalized spacial score (nSPS) is 25.8. The number of hydrogen-bond donors (Lipinski definition) is 1. The highest BCUT2D eigenvalue weighted by atomic mass is 16.3. The molecule has 1 fully saturated rings. The zero-order valence-electron chi connectivity index (χ0n) is 14.7. The number of aliphatic hydroxyl groups is 1. The van der Waals surface area contributed by atoms with Gasteiger partial charge in [0.25, 0.3) is 5.91 Å². The second-order valence-electron chi connectivity index (χ2n) is 6.28. The minimum absolute atomic E-state index is 0.0400. The van der Waals surface area contributed by atoms with Crippen molar-refractivity contribution in [3.8, 4) is 0 Å². The molecule has 0 radical (unpaired) electrons. The number of aliphatic hydroxyl groups excluding tert-OH is 1. The molecule has 1 N–H and O–H groups in total. The largest absolute Gasteiger partial charge is 0.416 e. The van der Waals surface area contributed by atoms with E-state index >= 15 is 0 Å². The fourth-order valence-corrected chi connectivity index (χ4v) is 3.25. The van der Waals surface area contributed by atoms with Crippen LogP contribution in [-0.4, -0.2) is 92.8 Å². The number of carbonyl (C=O) groups is 2. The lowest BCUT2D eigenvalue weighted by molar-refractivity contribution is -0.559. The van der Waals surface area contributed by atoms with Crippen LogP contribution in [0.4, 0.5) is 4.79 Å². The number of urea groups is 1. The van der Waals surface area contributed by atoms with Crippen LogP contribution in [0, 0.1) is 0 Å². The molecule has 0 spiro atoms. The van der Waals surface area contributed by atoms with Gasteiger partial charge in [0.2, 0.25) is 11.9 Å². The second kappa shape index (κ2) is 6.40. The Morgan fingerprint density at radius 3 is 2.76 bits per heavy atom. The van der Waals surface area contributed by atoms with E-state index in [9.17, 15) is 9.59 Å². The summed E-state index contributed by atoms with van der Waals surface area (Å²) < 4.78 is 1.90. The van der Waals surface area contributed by atoms with Crippen molar-refractivity contribution >= 4 is 29.4 Å². The van der Waals surface area contributed by atoms with Crippen molar-refractivity contribution in [1.82, 2.24) is 14.8 Å². The van der Waals surface area contributed by atoms with Crippen molar-refractivity contribution < 1.29 is 19.3 Å². The molecule has 3 rings (SSSR count). The molecule has 3 aliphatic rings. The Labute approximate surface area is 146 Å². The van der Waals surface area contributed by atoms with Crippen LogP contribution in [0.15, 0.2) is 22.7 Å². The molecule has 2 atom stereocenters. The first-order chi connectivity index (χ1) is 11.9. The SMILES string of the molecule is C=CCN1C(=O)C2C(=NC3=[N+]2C(C)C(C)=NN3CCCO)N(C)C1=O. The Kier molecular flexibility index (Phi) is 4.42. The van der Waals surface area contributed by atoms with Crippen LogP contribution in [0.3, 0.4) is 0 Å². The summed E-state index contributed by atoms with van der Waals surface area (Å²) in [5.74, 6) is 0.650. The number of imide groups is 1. The molecule has 0 saturated carbocycles. The Balaban J connectivity index is 2.04. The molecule has 0 aromatic carbocycles. The van der Waals surface area contributed by atoms with E-state index in [2.05, 4.69) is 16.7 Å². The number of amides is 3. The van der Waals surface area contributed by atoms with Crippen LogP contribution in [-0.2, 0) is 4.79 Å². The Hall–Kier alpha value is -2.55. The van der Waals surface area contributed by atoms with Gasteiger partial charge in [0.15, 0.2) is 0 Å². The Bertz CT molecular complexity index is 725. The number of carbonyl (C=O) groups excluding carboxylic acids is 2. The van der Waals surface area contributed by atoms with Crippen molar-refractivity contribution in [1.29, 1.82) is 0 Å². The van der Waals surface area contributed by atoms with Crippen LogP contribution in [0.1, 0.15) is 20.3 Å². The molecule has 3 heterocycles. The molecular weight excluding hydrogens is 324 g/mol. The van der Waals surface area contributed by atoms with E-state index in [0.29, 0.717) is 24.8 Å². The summed E-state index contributed by atoms with van der Waals surface area (Å²) in [6.45, 7) is 8.16. The van der Waals surface area contributed by atoms with Gasteiger partial charge < -0.3 is 5.11 Å². The predicted octanol–water partition coefficient (Wildman–Crippen LogP) is -0.322. The molecule has 3 amide bonds. The maximum atomic E-state index is 13.0. The van der Waals surface area contributed by atoms with Gasteiger partial charge in [-0.2, -0.15) is 0 Å². The Morgan fingerprint density at radius 2 is 2.12 bits per heavy atom. The van der Waals surface area contributed by atoms with Gasteiger partial charge in [-0.25, -0.2) is 9.37 Å². The van der Waals surface area contributed by atoms with E-state index < -0.39 is 12.1 Å². The fourth-order valence-electron chi connectivity index (χ4n) is 3.25. The number of nitrogens with zero attached hydrogens (tertiary/aromatic N) is 6. The number of fused-ring (bicyclic) bond motifs is 2. The number of hydrogen-bond acceptors (Lipinski definition) is 6. The summed E-state index contributed by atoms with van der Waals surface area (Å²) in [7, 11) is 1.62. The van der Waals surface area contributed by atoms with Crippen LogP contribution in [0.2, 0.25) is 0 Å².